The Morgan fingerprint density at radius 1 is 1.16 bits per heavy atom. The number of hydrogen-bond acceptors (Lipinski definition) is 5. The molecule has 0 aliphatic carbocycles. The van der Waals surface area contributed by atoms with Crippen LogP contribution in [-0.2, 0) is 9.59 Å². The number of nitrogens with zero attached hydrogens (tertiary/aromatic N) is 2. The fourth-order valence-electron chi connectivity index (χ4n) is 1.56. The lowest BCUT2D eigenvalue weighted by Crippen LogP contribution is -2.32. The zero-order chi connectivity index (χ0) is 14.3. The summed E-state index contributed by atoms with van der Waals surface area (Å²) in [5.74, 6) is -0.0397. The summed E-state index contributed by atoms with van der Waals surface area (Å²) in [5.41, 5.74) is 0. The van der Waals surface area contributed by atoms with Crippen LogP contribution in [0.25, 0.3) is 0 Å². The molecule has 1 rings (SSSR count). The molecule has 0 unspecified atom stereocenters. The number of carbonyl (C=O) groups is 2. The van der Waals surface area contributed by atoms with Crippen molar-refractivity contribution in [3.63, 3.8) is 0 Å². The number of nitrogens with one attached hydrogen (secondary N) is 2. The van der Waals surface area contributed by atoms with E-state index in [9.17, 15) is 9.59 Å². The third kappa shape index (κ3) is 4.94. The highest BCUT2D eigenvalue weighted by atomic mass is 32.1. The van der Waals surface area contributed by atoms with Crippen molar-refractivity contribution in [2.24, 2.45) is 0 Å². The summed E-state index contributed by atoms with van der Waals surface area (Å²) < 4.78 is 0. The monoisotopic (exact) mass is 284 g/mol. The average molecular weight is 284 g/mol. The number of amides is 2. The maximum absolute atomic E-state index is 11.6. The van der Waals surface area contributed by atoms with Crippen molar-refractivity contribution in [2.45, 2.75) is 46.0 Å². The van der Waals surface area contributed by atoms with E-state index in [2.05, 4.69) is 34.7 Å². The van der Waals surface area contributed by atoms with Crippen LogP contribution in [0.5, 0.6) is 0 Å². The molecule has 0 fully saturated rings. The molecule has 0 bridgehead atoms. The Labute approximate surface area is 117 Å². The molecule has 0 aliphatic heterocycles. The molecule has 1 aromatic heterocycles. The summed E-state index contributed by atoms with van der Waals surface area (Å²) in [7, 11) is 0. The van der Waals surface area contributed by atoms with Gasteiger partial charge in [-0.05, 0) is 12.8 Å². The molecule has 0 aromatic carbocycles. The van der Waals surface area contributed by atoms with Gasteiger partial charge in [0.2, 0.25) is 16.9 Å². The minimum absolute atomic E-state index is 0.0351. The topological polar surface area (TPSA) is 84.0 Å². The SMILES string of the molecule is CCC(=O)NCC(=O)Nc1nnc(C(CC)CC)s1. The van der Waals surface area contributed by atoms with Crippen molar-refractivity contribution < 1.29 is 9.59 Å². The van der Waals surface area contributed by atoms with E-state index in [0.717, 1.165) is 17.8 Å². The highest BCUT2D eigenvalue weighted by Gasteiger charge is 2.14. The number of anilines is 1. The lowest BCUT2D eigenvalue weighted by molar-refractivity contribution is -0.123. The summed E-state index contributed by atoms with van der Waals surface area (Å²) >= 11 is 1.39. The van der Waals surface area contributed by atoms with E-state index in [-0.39, 0.29) is 18.4 Å². The van der Waals surface area contributed by atoms with Gasteiger partial charge in [-0.15, -0.1) is 10.2 Å². The van der Waals surface area contributed by atoms with Crippen molar-refractivity contribution in [1.29, 1.82) is 0 Å². The molecular formula is C12H20N4O2S. The zero-order valence-corrected chi connectivity index (χ0v) is 12.3. The first kappa shape index (κ1) is 15.6. The first-order valence-electron chi connectivity index (χ1n) is 6.50. The van der Waals surface area contributed by atoms with Crippen LogP contribution in [0, 0.1) is 0 Å². The van der Waals surface area contributed by atoms with Crippen molar-refractivity contribution in [2.75, 3.05) is 11.9 Å². The van der Waals surface area contributed by atoms with E-state index in [1.54, 1.807) is 6.92 Å². The molecule has 0 aliphatic rings. The Hall–Kier alpha value is -1.50. The Morgan fingerprint density at radius 2 is 1.84 bits per heavy atom. The van der Waals surface area contributed by atoms with Crippen LogP contribution in [0.1, 0.15) is 51.0 Å². The third-order valence-corrected chi connectivity index (χ3v) is 3.79. The zero-order valence-electron chi connectivity index (χ0n) is 11.5. The van der Waals surface area contributed by atoms with E-state index in [1.165, 1.54) is 11.3 Å². The summed E-state index contributed by atoms with van der Waals surface area (Å²) in [5, 5.41) is 14.6. The maximum atomic E-state index is 11.6. The van der Waals surface area contributed by atoms with Crippen LogP contribution in [0.15, 0.2) is 0 Å². The number of carbonyl (C=O) groups excluding carboxylic acids is 2. The van der Waals surface area contributed by atoms with Crippen LogP contribution in [0.2, 0.25) is 0 Å². The van der Waals surface area contributed by atoms with Crippen molar-refractivity contribution in [1.82, 2.24) is 15.5 Å². The molecule has 0 saturated carbocycles. The molecule has 7 heteroatoms. The molecular weight excluding hydrogens is 264 g/mol. The quantitative estimate of drug-likeness (QED) is 0.801. The third-order valence-electron chi connectivity index (χ3n) is 2.79. The van der Waals surface area contributed by atoms with Gasteiger partial charge in [0.15, 0.2) is 0 Å². The van der Waals surface area contributed by atoms with Gasteiger partial charge in [0.05, 0.1) is 6.54 Å². The van der Waals surface area contributed by atoms with Crippen LogP contribution in [0.4, 0.5) is 5.13 Å². The van der Waals surface area contributed by atoms with E-state index >= 15 is 0 Å². The standard InChI is InChI=1S/C12H20N4O2S/c1-4-8(5-2)11-15-16-12(19-11)14-10(18)7-13-9(17)6-3/h8H,4-7H2,1-3H3,(H,13,17)(H,14,16,18). The molecule has 19 heavy (non-hydrogen) atoms. The Morgan fingerprint density at radius 3 is 2.42 bits per heavy atom. The number of hydrogen-bond donors (Lipinski definition) is 2. The molecule has 0 atom stereocenters. The second-order valence-electron chi connectivity index (χ2n) is 4.14. The van der Waals surface area contributed by atoms with Gasteiger partial charge in [-0.3, -0.25) is 14.9 Å². The largest absolute Gasteiger partial charge is 0.347 e. The van der Waals surface area contributed by atoms with Crippen molar-refractivity contribution in [3.05, 3.63) is 5.01 Å². The Bertz CT molecular complexity index is 429. The highest BCUT2D eigenvalue weighted by molar-refractivity contribution is 7.15. The van der Waals surface area contributed by atoms with Gasteiger partial charge in [-0.25, -0.2) is 0 Å². The summed E-state index contributed by atoms with van der Waals surface area (Å²) in [6.45, 7) is 5.91. The molecule has 0 saturated heterocycles. The van der Waals surface area contributed by atoms with E-state index < -0.39 is 0 Å². The van der Waals surface area contributed by atoms with Gasteiger partial charge in [0.25, 0.3) is 0 Å². The molecule has 2 amide bonds. The van der Waals surface area contributed by atoms with Gasteiger partial charge >= 0.3 is 0 Å². The first-order chi connectivity index (χ1) is 9.10. The molecule has 1 aromatic rings. The second-order valence-corrected chi connectivity index (χ2v) is 5.15. The fraction of sp³-hybridized carbons (Fsp3) is 0.667. The van der Waals surface area contributed by atoms with E-state index in [1.807, 2.05) is 0 Å². The summed E-state index contributed by atoms with van der Waals surface area (Å²) in [6, 6.07) is 0. The predicted octanol–water partition coefficient (Wildman–Crippen LogP) is 1.91. The molecule has 6 nitrogen and oxygen atoms in total. The second kappa shape index (κ2) is 7.83. The van der Waals surface area contributed by atoms with Gasteiger partial charge in [-0.2, -0.15) is 0 Å². The number of rotatable bonds is 7. The van der Waals surface area contributed by atoms with Crippen molar-refractivity contribution >= 4 is 28.3 Å². The molecule has 0 radical (unpaired) electrons. The molecule has 0 spiro atoms. The molecule has 106 valence electrons. The minimum atomic E-state index is -0.283. The van der Waals surface area contributed by atoms with Crippen LogP contribution >= 0.6 is 11.3 Å². The lowest BCUT2D eigenvalue weighted by Gasteiger charge is -2.06. The molecule has 1 heterocycles. The lowest BCUT2D eigenvalue weighted by atomic mass is 10.1. The van der Waals surface area contributed by atoms with Gasteiger partial charge in [0, 0.05) is 12.3 Å². The smallest absolute Gasteiger partial charge is 0.245 e. The maximum Gasteiger partial charge on any atom is 0.245 e. The van der Waals surface area contributed by atoms with Gasteiger partial charge in [-0.1, -0.05) is 32.1 Å². The van der Waals surface area contributed by atoms with E-state index in [4.69, 9.17) is 0 Å². The summed E-state index contributed by atoms with van der Waals surface area (Å²) in [4.78, 5) is 22.6. The van der Waals surface area contributed by atoms with Gasteiger partial charge in [0.1, 0.15) is 5.01 Å². The summed E-state index contributed by atoms with van der Waals surface area (Å²) in [6.07, 6.45) is 2.38. The Kier molecular flexibility index (Phi) is 6.41. The first-order valence-corrected chi connectivity index (χ1v) is 7.32. The normalized spacial score (nSPS) is 10.5. The van der Waals surface area contributed by atoms with Crippen LogP contribution < -0.4 is 10.6 Å². The van der Waals surface area contributed by atoms with Crippen LogP contribution in [-0.4, -0.2) is 28.6 Å². The van der Waals surface area contributed by atoms with Crippen molar-refractivity contribution in [3.8, 4) is 0 Å². The highest BCUT2D eigenvalue weighted by Crippen LogP contribution is 2.27. The fourth-order valence-corrected chi connectivity index (χ4v) is 2.58. The molecule has 2 N–H and O–H groups in total. The minimum Gasteiger partial charge on any atom is -0.347 e. The van der Waals surface area contributed by atoms with Crippen LogP contribution in [0.3, 0.4) is 0 Å². The van der Waals surface area contributed by atoms with Gasteiger partial charge < -0.3 is 5.32 Å². The predicted molar refractivity (Wildman–Crippen MR) is 75.2 cm³/mol. The Balaban J connectivity index is 2.49. The number of aromatic nitrogens is 2. The van der Waals surface area contributed by atoms with E-state index in [0.29, 0.717) is 17.5 Å². The average Bonchev–Trinajstić information content (AvgIpc) is 2.85.